The van der Waals surface area contributed by atoms with Crippen molar-refractivity contribution < 1.29 is 4.74 Å². The number of hydrogen-bond donors (Lipinski definition) is 4. The van der Waals surface area contributed by atoms with E-state index in [1.54, 1.807) is 19.4 Å². The van der Waals surface area contributed by atoms with Crippen LogP contribution in [0.2, 0.25) is 5.02 Å². The monoisotopic (exact) mass is 281 g/mol. The molecule has 1 atom stereocenters. The standard InChI is InChI=1S/C12H16ClN5O/c1-19-11-3-2-8(13)4-7(11)5-10(17-15)9-6-16-18-12(9)14/h2-4,6,10,17H,5,15H2,1H3,(H3,14,16,18). The number of H-pyrrole nitrogens is 1. The van der Waals surface area contributed by atoms with E-state index in [1.165, 1.54) is 0 Å². The van der Waals surface area contributed by atoms with E-state index < -0.39 is 0 Å². The molecule has 0 aliphatic rings. The van der Waals surface area contributed by atoms with E-state index in [0.717, 1.165) is 16.9 Å². The third kappa shape index (κ3) is 2.98. The number of hydrogen-bond acceptors (Lipinski definition) is 5. The Morgan fingerprint density at radius 1 is 1.53 bits per heavy atom. The van der Waals surface area contributed by atoms with Crippen molar-refractivity contribution in [1.82, 2.24) is 15.6 Å². The number of methoxy groups -OCH3 is 1. The molecule has 0 aliphatic heterocycles. The summed E-state index contributed by atoms with van der Waals surface area (Å²) in [6.45, 7) is 0. The molecule has 0 amide bonds. The zero-order chi connectivity index (χ0) is 13.8. The molecule has 0 spiro atoms. The van der Waals surface area contributed by atoms with Crippen LogP contribution in [0.5, 0.6) is 5.75 Å². The van der Waals surface area contributed by atoms with Gasteiger partial charge in [0.2, 0.25) is 0 Å². The van der Waals surface area contributed by atoms with Gasteiger partial charge in [0.05, 0.1) is 19.3 Å². The topological polar surface area (TPSA) is 102 Å². The number of ether oxygens (including phenoxy) is 1. The highest BCUT2D eigenvalue weighted by atomic mass is 35.5. The first-order valence-corrected chi connectivity index (χ1v) is 6.10. The highest BCUT2D eigenvalue weighted by molar-refractivity contribution is 6.30. The number of aromatic amines is 1. The smallest absolute Gasteiger partial charge is 0.123 e. The molecule has 2 rings (SSSR count). The van der Waals surface area contributed by atoms with Crippen molar-refractivity contribution in [2.75, 3.05) is 12.8 Å². The molecule has 0 saturated carbocycles. The minimum atomic E-state index is -0.175. The van der Waals surface area contributed by atoms with E-state index in [4.69, 9.17) is 27.9 Å². The second-order valence-electron chi connectivity index (χ2n) is 4.12. The SMILES string of the molecule is COc1ccc(Cl)cc1CC(NN)c1cn[nH]c1N. The number of anilines is 1. The van der Waals surface area contributed by atoms with Crippen LogP contribution in [0.25, 0.3) is 0 Å². The second kappa shape index (κ2) is 5.92. The molecule has 2 aromatic rings. The van der Waals surface area contributed by atoms with Crippen LogP contribution in [0.15, 0.2) is 24.4 Å². The Morgan fingerprint density at radius 2 is 2.32 bits per heavy atom. The fraction of sp³-hybridized carbons (Fsp3) is 0.250. The predicted octanol–water partition coefficient (Wildman–Crippen LogP) is 1.40. The number of hydrazine groups is 1. The van der Waals surface area contributed by atoms with Crippen molar-refractivity contribution in [3.05, 3.63) is 40.5 Å². The van der Waals surface area contributed by atoms with Gasteiger partial charge in [0.25, 0.3) is 0 Å². The van der Waals surface area contributed by atoms with Crippen LogP contribution in [0.1, 0.15) is 17.2 Å². The fourth-order valence-corrected chi connectivity index (χ4v) is 2.16. The Morgan fingerprint density at radius 3 is 2.89 bits per heavy atom. The largest absolute Gasteiger partial charge is 0.496 e. The molecule has 6 N–H and O–H groups in total. The summed E-state index contributed by atoms with van der Waals surface area (Å²) in [5.41, 5.74) is 10.3. The van der Waals surface area contributed by atoms with Crippen LogP contribution in [0.4, 0.5) is 5.82 Å². The summed E-state index contributed by atoms with van der Waals surface area (Å²) in [7, 11) is 1.61. The third-order valence-corrected chi connectivity index (χ3v) is 3.18. The molecule has 0 aliphatic carbocycles. The predicted molar refractivity (Wildman–Crippen MR) is 74.8 cm³/mol. The third-order valence-electron chi connectivity index (χ3n) is 2.94. The van der Waals surface area contributed by atoms with Gasteiger partial charge in [-0.25, -0.2) is 0 Å². The van der Waals surface area contributed by atoms with Gasteiger partial charge in [-0.1, -0.05) is 11.6 Å². The van der Waals surface area contributed by atoms with Crippen molar-refractivity contribution in [1.29, 1.82) is 0 Å². The Kier molecular flexibility index (Phi) is 4.26. The number of rotatable bonds is 5. The van der Waals surface area contributed by atoms with E-state index in [0.29, 0.717) is 17.3 Å². The molecule has 1 aromatic heterocycles. The molecule has 0 radical (unpaired) electrons. The Hall–Kier alpha value is -1.76. The molecule has 0 fully saturated rings. The van der Waals surface area contributed by atoms with E-state index in [1.807, 2.05) is 12.1 Å². The summed E-state index contributed by atoms with van der Waals surface area (Å²) in [5, 5.41) is 7.22. The van der Waals surface area contributed by atoms with Gasteiger partial charge in [-0.15, -0.1) is 0 Å². The van der Waals surface area contributed by atoms with Crippen molar-refractivity contribution in [2.24, 2.45) is 5.84 Å². The normalized spacial score (nSPS) is 12.4. The van der Waals surface area contributed by atoms with Gasteiger partial charge < -0.3 is 10.5 Å². The quantitative estimate of drug-likeness (QED) is 0.490. The van der Waals surface area contributed by atoms with Crippen molar-refractivity contribution in [2.45, 2.75) is 12.5 Å². The van der Waals surface area contributed by atoms with Crippen molar-refractivity contribution in [3.8, 4) is 5.75 Å². The maximum atomic E-state index is 6.01. The highest BCUT2D eigenvalue weighted by Crippen LogP contribution is 2.28. The van der Waals surface area contributed by atoms with Gasteiger partial charge in [-0.2, -0.15) is 5.10 Å². The van der Waals surface area contributed by atoms with Gasteiger partial charge in [0, 0.05) is 10.6 Å². The molecule has 0 saturated heterocycles. The second-order valence-corrected chi connectivity index (χ2v) is 4.56. The van der Waals surface area contributed by atoms with Gasteiger partial charge in [0.15, 0.2) is 0 Å². The maximum Gasteiger partial charge on any atom is 0.123 e. The molecular weight excluding hydrogens is 266 g/mol. The van der Waals surface area contributed by atoms with Crippen molar-refractivity contribution >= 4 is 17.4 Å². The first kappa shape index (κ1) is 13.7. The van der Waals surface area contributed by atoms with E-state index in [-0.39, 0.29) is 6.04 Å². The molecule has 19 heavy (non-hydrogen) atoms. The molecule has 1 heterocycles. The number of nitrogen functional groups attached to an aromatic ring is 1. The molecule has 0 bridgehead atoms. The van der Waals surface area contributed by atoms with Crippen molar-refractivity contribution in [3.63, 3.8) is 0 Å². The lowest BCUT2D eigenvalue weighted by Crippen LogP contribution is -2.30. The zero-order valence-corrected chi connectivity index (χ0v) is 11.2. The molecular formula is C12H16ClN5O. The average Bonchev–Trinajstić information content (AvgIpc) is 2.82. The van der Waals surface area contributed by atoms with Crippen LogP contribution < -0.4 is 21.7 Å². The summed E-state index contributed by atoms with van der Waals surface area (Å²) in [4.78, 5) is 0. The van der Waals surface area contributed by atoms with Crippen LogP contribution in [-0.2, 0) is 6.42 Å². The first-order valence-electron chi connectivity index (χ1n) is 5.73. The van der Waals surface area contributed by atoms with Gasteiger partial charge in [-0.05, 0) is 30.2 Å². The van der Waals surface area contributed by atoms with Gasteiger partial charge >= 0.3 is 0 Å². The molecule has 7 heteroatoms. The van der Waals surface area contributed by atoms with Gasteiger partial charge in [0.1, 0.15) is 11.6 Å². The minimum absolute atomic E-state index is 0.175. The number of aromatic nitrogens is 2. The maximum absolute atomic E-state index is 6.01. The summed E-state index contributed by atoms with van der Waals surface area (Å²) < 4.78 is 5.31. The number of nitrogens with one attached hydrogen (secondary N) is 2. The summed E-state index contributed by atoms with van der Waals surface area (Å²) in [5.74, 6) is 6.84. The summed E-state index contributed by atoms with van der Waals surface area (Å²) in [6.07, 6.45) is 2.24. The molecule has 102 valence electrons. The van der Waals surface area contributed by atoms with Crippen LogP contribution in [0, 0.1) is 0 Å². The van der Waals surface area contributed by atoms with Crippen LogP contribution in [-0.4, -0.2) is 17.3 Å². The minimum Gasteiger partial charge on any atom is -0.496 e. The summed E-state index contributed by atoms with van der Waals surface area (Å²) in [6, 6.07) is 5.28. The Bertz CT molecular complexity index is 557. The Labute approximate surface area is 116 Å². The highest BCUT2D eigenvalue weighted by Gasteiger charge is 2.17. The lowest BCUT2D eigenvalue weighted by Gasteiger charge is -2.17. The zero-order valence-electron chi connectivity index (χ0n) is 10.5. The number of benzene rings is 1. The van der Waals surface area contributed by atoms with E-state index in [2.05, 4.69) is 15.6 Å². The van der Waals surface area contributed by atoms with E-state index >= 15 is 0 Å². The average molecular weight is 282 g/mol. The number of halogens is 1. The lowest BCUT2D eigenvalue weighted by molar-refractivity contribution is 0.405. The number of nitrogens with zero attached hydrogens (tertiary/aromatic N) is 1. The Balaban J connectivity index is 2.28. The summed E-state index contributed by atoms with van der Waals surface area (Å²) >= 11 is 6.01. The van der Waals surface area contributed by atoms with Crippen LogP contribution in [0.3, 0.4) is 0 Å². The first-order chi connectivity index (χ1) is 9.15. The van der Waals surface area contributed by atoms with Crippen LogP contribution >= 0.6 is 11.6 Å². The molecule has 1 unspecified atom stereocenters. The fourth-order valence-electron chi connectivity index (χ4n) is 1.97. The number of nitrogens with two attached hydrogens (primary N) is 2. The lowest BCUT2D eigenvalue weighted by atomic mass is 10.0. The molecule has 1 aromatic carbocycles. The van der Waals surface area contributed by atoms with E-state index in [9.17, 15) is 0 Å². The molecule has 6 nitrogen and oxygen atoms in total. The van der Waals surface area contributed by atoms with Gasteiger partial charge in [-0.3, -0.25) is 16.4 Å².